The van der Waals surface area contributed by atoms with Crippen LogP contribution in [-0.2, 0) is 20.1 Å². The molecule has 1 aliphatic rings. The number of halogens is 1. The molecule has 17 heavy (non-hydrogen) atoms. The summed E-state index contributed by atoms with van der Waals surface area (Å²) in [6, 6.07) is 6.95. The third kappa shape index (κ3) is 1.90. The highest BCUT2D eigenvalue weighted by molar-refractivity contribution is 6.32. The molecule has 1 aliphatic heterocycles. The van der Waals surface area contributed by atoms with Crippen LogP contribution in [0.5, 0.6) is 5.75 Å². The van der Waals surface area contributed by atoms with Gasteiger partial charge in [0.2, 0.25) is 0 Å². The molecule has 1 aromatic carbocycles. The van der Waals surface area contributed by atoms with Gasteiger partial charge in [-0.2, -0.15) is 0 Å². The minimum absolute atomic E-state index is 0.204. The summed E-state index contributed by atoms with van der Waals surface area (Å²) in [5.74, 6) is -1.15. The molecule has 0 aromatic heterocycles. The van der Waals surface area contributed by atoms with Gasteiger partial charge in [-0.05, 0) is 24.3 Å². The zero-order chi connectivity index (χ0) is 12.5. The molecule has 0 spiro atoms. The Labute approximate surface area is 104 Å². The van der Waals surface area contributed by atoms with Crippen LogP contribution in [0.1, 0.15) is 5.56 Å². The quantitative estimate of drug-likeness (QED) is 0.776. The Balaban J connectivity index is 2.42. The highest BCUT2D eigenvalue weighted by Crippen LogP contribution is 2.41. The lowest BCUT2D eigenvalue weighted by molar-refractivity contribution is -0.194. The van der Waals surface area contributed by atoms with Crippen LogP contribution in [0.15, 0.2) is 35.4 Å². The maximum Gasteiger partial charge on any atom is 0.335 e. The minimum Gasteiger partial charge on any atom is -0.497 e. The van der Waals surface area contributed by atoms with Crippen molar-refractivity contribution < 1.29 is 19.0 Å². The van der Waals surface area contributed by atoms with E-state index in [1.54, 1.807) is 31.4 Å². The van der Waals surface area contributed by atoms with Crippen LogP contribution in [0.25, 0.3) is 0 Å². The average molecular weight is 255 g/mol. The lowest BCUT2D eigenvalue weighted by Gasteiger charge is -2.27. The van der Waals surface area contributed by atoms with Gasteiger partial charge >= 0.3 is 5.97 Å². The van der Waals surface area contributed by atoms with Crippen molar-refractivity contribution in [2.75, 3.05) is 14.2 Å². The fourth-order valence-corrected chi connectivity index (χ4v) is 2.00. The van der Waals surface area contributed by atoms with E-state index in [1.165, 1.54) is 13.2 Å². The summed E-state index contributed by atoms with van der Waals surface area (Å²) in [7, 11) is 3.00. The Kier molecular flexibility index (Phi) is 3.09. The van der Waals surface area contributed by atoms with E-state index in [9.17, 15) is 4.79 Å². The van der Waals surface area contributed by atoms with E-state index >= 15 is 0 Å². The highest BCUT2D eigenvalue weighted by Gasteiger charge is 2.45. The topological polar surface area (TPSA) is 44.8 Å². The van der Waals surface area contributed by atoms with E-state index in [0.29, 0.717) is 11.3 Å². The molecule has 90 valence electrons. The minimum atomic E-state index is -1.33. The van der Waals surface area contributed by atoms with Crippen LogP contribution in [0.3, 0.4) is 0 Å². The van der Waals surface area contributed by atoms with Crippen LogP contribution >= 0.6 is 11.6 Å². The Bertz CT molecular complexity index is 466. The lowest BCUT2D eigenvalue weighted by atomic mass is 10.1. The Hall–Kier alpha value is -1.52. The molecule has 0 fully saturated rings. The van der Waals surface area contributed by atoms with Gasteiger partial charge in [0.25, 0.3) is 5.79 Å². The van der Waals surface area contributed by atoms with Crippen LogP contribution in [0, 0.1) is 0 Å². The lowest BCUT2D eigenvalue weighted by Crippen LogP contribution is -2.30. The third-order valence-electron chi connectivity index (χ3n) is 2.56. The monoisotopic (exact) mass is 254 g/mol. The van der Waals surface area contributed by atoms with Crippen LogP contribution < -0.4 is 4.74 Å². The van der Waals surface area contributed by atoms with Crippen LogP contribution in [-0.4, -0.2) is 20.2 Å². The molecule has 0 radical (unpaired) electrons. The highest BCUT2D eigenvalue weighted by atomic mass is 35.5. The number of esters is 1. The normalized spacial score (nSPS) is 23.2. The van der Waals surface area contributed by atoms with Crippen molar-refractivity contribution in [3.05, 3.63) is 40.9 Å². The second kappa shape index (κ2) is 4.39. The zero-order valence-electron chi connectivity index (χ0n) is 9.40. The molecule has 2 rings (SSSR count). The zero-order valence-corrected chi connectivity index (χ0v) is 10.2. The van der Waals surface area contributed by atoms with Crippen molar-refractivity contribution in [3.8, 4) is 5.75 Å². The first-order valence-electron chi connectivity index (χ1n) is 4.92. The molecular weight excluding hydrogens is 244 g/mol. The first-order chi connectivity index (χ1) is 8.12. The second-order valence-corrected chi connectivity index (χ2v) is 3.87. The van der Waals surface area contributed by atoms with E-state index in [0.717, 1.165) is 0 Å². The number of carbonyl (C=O) groups excluding carboxylic acids is 1. The van der Waals surface area contributed by atoms with Gasteiger partial charge in [0, 0.05) is 18.7 Å². The van der Waals surface area contributed by atoms with Crippen molar-refractivity contribution >= 4 is 17.6 Å². The standard InChI is InChI=1S/C12H11ClO4/c1-15-9-5-3-8(4-6-9)12(16-2)10(13)7-11(14)17-12/h3-7H,1-2H3. The van der Waals surface area contributed by atoms with Crippen LogP contribution in [0.4, 0.5) is 0 Å². The van der Waals surface area contributed by atoms with Crippen molar-refractivity contribution in [2.45, 2.75) is 5.79 Å². The Morgan fingerprint density at radius 3 is 2.29 bits per heavy atom. The largest absolute Gasteiger partial charge is 0.497 e. The maximum atomic E-state index is 11.2. The molecule has 1 heterocycles. The summed E-state index contributed by atoms with van der Waals surface area (Å²) in [4.78, 5) is 11.2. The van der Waals surface area contributed by atoms with Gasteiger partial charge in [0.1, 0.15) is 10.8 Å². The summed E-state index contributed by atoms with van der Waals surface area (Å²) >= 11 is 6.00. The fourth-order valence-electron chi connectivity index (χ4n) is 1.68. The average Bonchev–Trinajstić information content (AvgIpc) is 2.65. The van der Waals surface area contributed by atoms with Gasteiger partial charge < -0.3 is 14.2 Å². The van der Waals surface area contributed by atoms with E-state index < -0.39 is 11.8 Å². The Morgan fingerprint density at radius 1 is 1.24 bits per heavy atom. The second-order valence-electron chi connectivity index (χ2n) is 3.46. The molecule has 0 bridgehead atoms. The van der Waals surface area contributed by atoms with Crippen molar-refractivity contribution in [1.29, 1.82) is 0 Å². The third-order valence-corrected chi connectivity index (χ3v) is 2.92. The number of carbonyl (C=O) groups is 1. The molecule has 1 atom stereocenters. The van der Waals surface area contributed by atoms with Crippen LogP contribution in [0.2, 0.25) is 0 Å². The maximum absolute atomic E-state index is 11.2. The summed E-state index contributed by atoms with van der Waals surface area (Å²) in [5, 5.41) is 0.204. The number of hydrogen-bond acceptors (Lipinski definition) is 4. The summed E-state index contributed by atoms with van der Waals surface area (Å²) in [5.41, 5.74) is 0.632. The van der Waals surface area contributed by atoms with Gasteiger partial charge in [-0.25, -0.2) is 4.79 Å². The van der Waals surface area contributed by atoms with Gasteiger partial charge in [-0.1, -0.05) is 11.6 Å². The summed E-state index contributed by atoms with van der Waals surface area (Å²) in [6.07, 6.45) is 1.20. The molecule has 0 saturated carbocycles. The van der Waals surface area contributed by atoms with E-state index in [4.69, 9.17) is 25.8 Å². The number of cyclic esters (lactones) is 1. The number of methoxy groups -OCH3 is 2. The molecule has 1 aromatic rings. The molecule has 4 nitrogen and oxygen atoms in total. The SMILES string of the molecule is COc1ccc(C2(OC)OC(=O)C=C2Cl)cc1. The van der Waals surface area contributed by atoms with Gasteiger partial charge in [0.15, 0.2) is 0 Å². The first kappa shape index (κ1) is 12.0. The molecule has 0 saturated heterocycles. The number of hydrogen-bond donors (Lipinski definition) is 0. The van der Waals surface area contributed by atoms with E-state index in [-0.39, 0.29) is 5.03 Å². The molecule has 0 amide bonds. The number of rotatable bonds is 3. The molecule has 0 aliphatic carbocycles. The predicted octanol–water partition coefficient (Wildman–Crippen LogP) is 2.17. The van der Waals surface area contributed by atoms with Gasteiger partial charge in [0.05, 0.1) is 7.11 Å². The van der Waals surface area contributed by atoms with Crippen molar-refractivity contribution in [3.63, 3.8) is 0 Å². The smallest absolute Gasteiger partial charge is 0.335 e. The molecule has 0 N–H and O–H groups in total. The van der Waals surface area contributed by atoms with E-state index in [2.05, 4.69) is 0 Å². The number of ether oxygens (including phenoxy) is 3. The number of benzene rings is 1. The first-order valence-corrected chi connectivity index (χ1v) is 5.30. The molecule has 5 heteroatoms. The van der Waals surface area contributed by atoms with Gasteiger partial charge in [-0.3, -0.25) is 0 Å². The van der Waals surface area contributed by atoms with Gasteiger partial charge in [-0.15, -0.1) is 0 Å². The summed E-state index contributed by atoms with van der Waals surface area (Å²) < 4.78 is 15.5. The Morgan fingerprint density at radius 2 is 1.88 bits per heavy atom. The molecular formula is C12H11ClO4. The predicted molar refractivity (Wildman–Crippen MR) is 61.7 cm³/mol. The van der Waals surface area contributed by atoms with Crippen molar-refractivity contribution in [1.82, 2.24) is 0 Å². The summed E-state index contributed by atoms with van der Waals surface area (Å²) in [6.45, 7) is 0. The fraction of sp³-hybridized carbons (Fsp3) is 0.250. The molecule has 1 unspecified atom stereocenters. The van der Waals surface area contributed by atoms with E-state index in [1.807, 2.05) is 0 Å². The van der Waals surface area contributed by atoms with Crippen molar-refractivity contribution in [2.24, 2.45) is 0 Å².